The molecule has 0 aromatic heterocycles. The average Bonchev–Trinajstić information content (AvgIpc) is 3.57. The lowest BCUT2D eigenvalue weighted by Gasteiger charge is -2.49. The second-order valence-corrected chi connectivity index (χ2v) is 14.6. The van der Waals surface area contributed by atoms with Crippen molar-refractivity contribution >= 4 is 23.8 Å². The molecule has 0 saturated carbocycles. The zero-order chi connectivity index (χ0) is 42.0. The van der Waals surface area contributed by atoms with Crippen molar-refractivity contribution in [1.82, 2.24) is 4.90 Å². The SMILES string of the molecule is O=C(OCC(OC(=O)c1ccccc1)C1OC(OCc2ccccc2)C(N2C(=O)c3ccccc3C2=O)C(OCc2ccccc2)C1OCc1ccccc1)c1ccccc1. The van der Waals surface area contributed by atoms with Gasteiger partial charge in [-0.3, -0.25) is 14.5 Å². The second-order valence-electron chi connectivity index (χ2n) is 14.6. The van der Waals surface area contributed by atoms with Gasteiger partial charge >= 0.3 is 11.9 Å². The molecule has 2 amide bonds. The minimum Gasteiger partial charge on any atom is -0.458 e. The molecule has 1 fully saturated rings. The van der Waals surface area contributed by atoms with E-state index in [0.29, 0.717) is 0 Å². The third kappa shape index (κ3) is 9.67. The molecule has 6 unspecified atom stereocenters. The molecular formula is C50H43NO10. The summed E-state index contributed by atoms with van der Waals surface area (Å²) in [6, 6.07) is 50.4. The largest absolute Gasteiger partial charge is 0.458 e. The number of ether oxygens (including phenoxy) is 6. The van der Waals surface area contributed by atoms with Crippen LogP contribution >= 0.6 is 0 Å². The van der Waals surface area contributed by atoms with Crippen LogP contribution in [0.1, 0.15) is 58.1 Å². The van der Waals surface area contributed by atoms with Crippen molar-refractivity contribution in [1.29, 1.82) is 0 Å². The van der Waals surface area contributed by atoms with Crippen molar-refractivity contribution in [3.8, 4) is 0 Å². The van der Waals surface area contributed by atoms with Crippen molar-refractivity contribution in [3.05, 3.63) is 215 Å². The molecule has 2 heterocycles. The van der Waals surface area contributed by atoms with Gasteiger partial charge in [-0.25, -0.2) is 9.59 Å². The molecular weight excluding hydrogens is 775 g/mol. The highest BCUT2D eigenvalue weighted by Gasteiger charge is 2.57. The zero-order valence-corrected chi connectivity index (χ0v) is 33.1. The van der Waals surface area contributed by atoms with Gasteiger partial charge in [-0.1, -0.05) is 140 Å². The van der Waals surface area contributed by atoms with E-state index in [2.05, 4.69) is 0 Å². The third-order valence-electron chi connectivity index (χ3n) is 10.5. The average molecular weight is 818 g/mol. The number of esters is 2. The van der Waals surface area contributed by atoms with Crippen LogP contribution in [0.15, 0.2) is 176 Å². The highest BCUT2D eigenvalue weighted by Crippen LogP contribution is 2.38. The van der Waals surface area contributed by atoms with Crippen molar-refractivity contribution in [3.63, 3.8) is 0 Å². The molecule has 6 aromatic rings. The topological polar surface area (TPSA) is 127 Å². The maximum atomic E-state index is 14.4. The Bertz CT molecular complexity index is 2360. The van der Waals surface area contributed by atoms with Crippen LogP contribution in [-0.4, -0.2) is 72.0 Å². The number of carbonyl (C=O) groups excluding carboxylic acids is 4. The highest BCUT2D eigenvalue weighted by molar-refractivity contribution is 6.21. The van der Waals surface area contributed by atoms with Gasteiger partial charge < -0.3 is 28.4 Å². The summed E-state index contributed by atoms with van der Waals surface area (Å²) < 4.78 is 39.3. The minimum atomic E-state index is -1.37. The van der Waals surface area contributed by atoms with Gasteiger partial charge in [-0.15, -0.1) is 0 Å². The van der Waals surface area contributed by atoms with Crippen LogP contribution in [0.5, 0.6) is 0 Å². The van der Waals surface area contributed by atoms with E-state index in [9.17, 15) is 19.2 Å². The number of carbonyl (C=O) groups is 4. The summed E-state index contributed by atoms with van der Waals surface area (Å²) in [5, 5.41) is 0. The van der Waals surface area contributed by atoms with Crippen LogP contribution in [0, 0.1) is 0 Å². The first-order valence-corrected chi connectivity index (χ1v) is 20.0. The number of hydrogen-bond acceptors (Lipinski definition) is 10. The first-order chi connectivity index (χ1) is 29.9. The first-order valence-electron chi connectivity index (χ1n) is 20.0. The fourth-order valence-corrected chi connectivity index (χ4v) is 7.49. The predicted molar refractivity (Wildman–Crippen MR) is 223 cm³/mol. The first kappa shape index (κ1) is 41.0. The summed E-state index contributed by atoms with van der Waals surface area (Å²) >= 11 is 0. The van der Waals surface area contributed by atoms with Crippen LogP contribution in [-0.2, 0) is 48.2 Å². The Morgan fingerprint density at radius 3 is 1.41 bits per heavy atom. The molecule has 11 nitrogen and oxygen atoms in total. The summed E-state index contributed by atoms with van der Waals surface area (Å²) in [4.78, 5) is 57.4. The van der Waals surface area contributed by atoms with E-state index in [1.165, 1.54) is 0 Å². The Kier molecular flexibility index (Phi) is 13.1. The van der Waals surface area contributed by atoms with E-state index in [-0.39, 0.29) is 42.1 Å². The lowest BCUT2D eigenvalue weighted by atomic mass is 9.91. The van der Waals surface area contributed by atoms with Crippen molar-refractivity contribution < 1.29 is 47.6 Å². The molecule has 0 spiro atoms. The maximum absolute atomic E-state index is 14.4. The van der Waals surface area contributed by atoms with E-state index in [1.54, 1.807) is 84.9 Å². The van der Waals surface area contributed by atoms with Gasteiger partial charge in [0.2, 0.25) is 0 Å². The van der Waals surface area contributed by atoms with Crippen molar-refractivity contribution in [2.45, 2.75) is 56.6 Å². The van der Waals surface area contributed by atoms with Crippen LogP contribution in [0.4, 0.5) is 0 Å². The lowest BCUT2D eigenvalue weighted by Crippen LogP contribution is -2.68. The Morgan fingerprint density at radius 1 is 0.508 bits per heavy atom. The van der Waals surface area contributed by atoms with Crippen LogP contribution in [0.2, 0.25) is 0 Å². The van der Waals surface area contributed by atoms with E-state index >= 15 is 0 Å². The molecule has 6 aromatic carbocycles. The van der Waals surface area contributed by atoms with Crippen LogP contribution in [0.25, 0.3) is 0 Å². The monoisotopic (exact) mass is 817 g/mol. The number of amides is 2. The normalized spacial score (nSPS) is 20.1. The number of fused-ring (bicyclic) bond motifs is 1. The second kappa shape index (κ2) is 19.5. The van der Waals surface area contributed by atoms with Gasteiger partial charge in [0, 0.05) is 0 Å². The van der Waals surface area contributed by atoms with E-state index in [1.807, 2.05) is 91.0 Å². The Hall–Kier alpha value is -6.76. The third-order valence-corrected chi connectivity index (χ3v) is 10.5. The summed E-state index contributed by atoms with van der Waals surface area (Å²) in [6.45, 7) is -0.386. The smallest absolute Gasteiger partial charge is 0.338 e. The molecule has 61 heavy (non-hydrogen) atoms. The van der Waals surface area contributed by atoms with Gasteiger partial charge in [0.25, 0.3) is 11.8 Å². The number of hydrogen-bond donors (Lipinski definition) is 0. The standard InChI is InChI=1S/C50H43NO10/c52-46-39-28-16-17-29-40(39)47(53)51(46)42-44(56-30-34-18-6-1-7-19-34)45(57-31-35-20-8-2-9-21-35)43(61-50(42)59-32-36-22-10-3-11-23-36)41(60-49(55)38-26-14-5-15-27-38)33-58-48(54)37-24-12-4-13-25-37/h1-29,41-45,50H,30-33H2. The number of nitrogens with zero attached hydrogens (tertiary/aromatic N) is 1. The number of benzene rings is 6. The highest BCUT2D eigenvalue weighted by atomic mass is 16.7. The molecule has 1 saturated heterocycles. The summed E-state index contributed by atoms with van der Waals surface area (Å²) in [6.07, 6.45) is -6.28. The molecule has 2 aliphatic rings. The molecule has 0 bridgehead atoms. The van der Waals surface area contributed by atoms with Gasteiger partial charge in [-0.05, 0) is 53.1 Å². The van der Waals surface area contributed by atoms with E-state index in [0.717, 1.165) is 21.6 Å². The summed E-state index contributed by atoms with van der Waals surface area (Å²) in [5.41, 5.74) is 3.38. The minimum absolute atomic E-state index is 0.0102. The Labute approximate surface area is 353 Å². The molecule has 8 rings (SSSR count). The molecule has 11 heteroatoms. The predicted octanol–water partition coefficient (Wildman–Crippen LogP) is 7.85. The number of imide groups is 1. The van der Waals surface area contributed by atoms with Gasteiger partial charge in [0.05, 0.1) is 42.1 Å². The Balaban J connectivity index is 1.24. The quantitative estimate of drug-likeness (QED) is 0.0704. The van der Waals surface area contributed by atoms with Crippen LogP contribution in [0.3, 0.4) is 0 Å². The Morgan fingerprint density at radius 2 is 0.918 bits per heavy atom. The lowest BCUT2D eigenvalue weighted by molar-refractivity contribution is -0.310. The van der Waals surface area contributed by atoms with E-state index in [4.69, 9.17) is 28.4 Å². The number of rotatable bonds is 16. The molecule has 2 aliphatic heterocycles. The fourth-order valence-electron chi connectivity index (χ4n) is 7.49. The van der Waals surface area contributed by atoms with Crippen molar-refractivity contribution in [2.24, 2.45) is 0 Å². The van der Waals surface area contributed by atoms with Gasteiger partial charge in [0.1, 0.15) is 31.0 Å². The summed E-state index contributed by atoms with van der Waals surface area (Å²) in [7, 11) is 0. The molecule has 6 atom stereocenters. The van der Waals surface area contributed by atoms with E-state index < -0.39 is 67.1 Å². The summed E-state index contributed by atoms with van der Waals surface area (Å²) in [5.74, 6) is -2.48. The fraction of sp³-hybridized carbons (Fsp3) is 0.200. The van der Waals surface area contributed by atoms with Gasteiger partial charge in [0.15, 0.2) is 12.4 Å². The zero-order valence-electron chi connectivity index (χ0n) is 33.1. The molecule has 0 radical (unpaired) electrons. The van der Waals surface area contributed by atoms with Gasteiger partial charge in [-0.2, -0.15) is 0 Å². The van der Waals surface area contributed by atoms with Crippen molar-refractivity contribution in [2.75, 3.05) is 6.61 Å². The van der Waals surface area contributed by atoms with Crippen LogP contribution < -0.4 is 0 Å². The molecule has 0 N–H and O–H groups in total. The maximum Gasteiger partial charge on any atom is 0.338 e. The molecule has 308 valence electrons. The molecule has 0 aliphatic carbocycles.